The SMILES string of the molecule is CC(C)C(NC(=O)Nc1ccc2ncccc2c1)C(F)(F)F. The molecule has 1 aromatic heterocycles. The minimum absolute atomic E-state index is 0.405. The number of carbonyl (C=O) groups is 1. The lowest BCUT2D eigenvalue weighted by atomic mass is 10.0. The van der Waals surface area contributed by atoms with Crippen LogP contribution in [-0.2, 0) is 0 Å². The van der Waals surface area contributed by atoms with E-state index in [-0.39, 0.29) is 0 Å². The molecule has 2 amide bonds. The topological polar surface area (TPSA) is 54.0 Å². The van der Waals surface area contributed by atoms with Gasteiger partial charge in [-0.3, -0.25) is 4.98 Å². The molecule has 22 heavy (non-hydrogen) atoms. The van der Waals surface area contributed by atoms with Crippen LogP contribution in [0.2, 0.25) is 0 Å². The van der Waals surface area contributed by atoms with Gasteiger partial charge in [-0.1, -0.05) is 19.9 Å². The van der Waals surface area contributed by atoms with Crippen LogP contribution in [0.15, 0.2) is 36.5 Å². The van der Waals surface area contributed by atoms with Gasteiger partial charge in [0.15, 0.2) is 0 Å². The maximum absolute atomic E-state index is 12.8. The van der Waals surface area contributed by atoms with Crippen molar-refractivity contribution in [3.05, 3.63) is 36.5 Å². The van der Waals surface area contributed by atoms with Crippen molar-refractivity contribution in [3.8, 4) is 0 Å². The van der Waals surface area contributed by atoms with E-state index in [1.165, 1.54) is 13.8 Å². The minimum Gasteiger partial charge on any atom is -0.326 e. The molecule has 2 N–H and O–H groups in total. The summed E-state index contributed by atoms with van der Waals surface area (Å²) in [5, 5.41) is 5.16. The van der Waals surface area contributed by atoms with E-state index in [0.29, 0.717) is 5.69 Å². The van der Waals surface area contributed by atoms with Gasteiger partial charge in [0.1, 0.15) is 6.04 Å². The lowest BCUT2D eigenvalue weighted by Crippen LogP contribution is -2.50. The average Bonchev–Trinajstić information content (AvgIpc) is 2.43. The Bertz CT molecular complexity index is 670. The van der Waals surface area contributed by atoms with E-state index in [9.17, 15) is 18.0 Å². The molecule has 0 aliphatic rings. The first kappa shape index (κ1) is 16.1. The smallest absolute Gasteiger partial charge is 0.326 e. The molecule has 0 spiro atoms. The van der Waals surface area contributed by atoms with Crippen LogP contribution in [0.4, 0.5) is 23.7 Å². The number of rotatable bonds is 3. The fraction of sp³-hybridized carbons (Fsp3) is 0.333. The van der Waals surface area contributed by atoms with Crippen LogP contribution >= 0.6 is 0 Å². The van der Waals surface area contributed by atoms with Crippen LogP contribution in [0.5, 0.6) is 0 Å². The highest BCUT2D eigenvalue weighted by molar-refractivity contribution is 5.92. The van der Waals surface area contributed by atoms with Gasteiger partial charge in [0.05, 0.1) is 5.52 Å². The standard InChI is InChI=1S/C15H16F3N3O/c1-9(2)13(15(16,17)18)21-14(22)20-11-5-6-12-10(8-11)4-3-7-19-12/h3-9,13H,1-2H3,(H2,20,21,22). The van der Waals surface area contributed by atoms with Crippen molar-refractivity contribution in [1.82, 2.24) is 10.3 Å². The number of halogens is 3. The van der Waals surface area contributed by atoms with Crippen LogP contribution in [0.1, 0.15) is 13.8 Å². The lowest BCUT2D eigenvalue weighted by Gasteiger charge is -2.25. The van der Waals surface area contributed by atoms with Crippen molar-refractivity contribution < 1.29 is 18.0 Å². The monoisotopic (exact) mass is 311 g/mol. The molecule has 118 valence electrons. The molecule has 0 aliphatic heterocycles. The highest BCUT2D eigenvalue weighted by atomic mass is 19.4. The van der Waals surface area contributed by atoms with E-state index in [0.717, 1.165) is 10.9 Å². The molecular weight excluding hydrogens is 295 g/mol. The number of hydrogen-bond acceptors (Lipinski definition) is 2. The third-order valence-corrected chi connectivity index (χ3v) is 3.17. The molecule has 2 rings (SSSR count). The van der Waals surface area contributed by atoms with Gasteiger partial charge in [0, 0.05) is 17.3 Å². The average molecular weight is 311 g/mol. The summed E-state index contributed by atoms with van der Waals surface area (Å²) >= 11 is 0. The van der Waals surface area contributed by atoms with E-state index in [1.54, 1.807) is 36.5 Å². The summed E-state index contributed by atoms with van der Waals surface area (Å²) in [5.41, 5.74) is 1.14. The zero-order valence-electron chi connectivity index (χ0n) is 12.1. The molecule has 0 aliphatic carbocycles. The number of hydrogen-bond donors (Lipinski definition) is 2. The van der Waals surface area contributed by atoms with Gasteiger partial charge >= 0.3 is 12.2 Å². The maximum Gasteiger partial charge on any atom is 0.408 e. The van der Waals surface area contributed by atoms with Gasteiger partial charge < -0.3 is 10.6 Å². The molecule has 1 atom stereocenters. The van der Waals surface area contributed by atoms with E-state index in [2.05, 4.69) is 10.3 Å². The van der Waals surface area contributed by atoms with Gasteiger partial charge in [0.25, 0.3) is 0 Å². The van der Waals surface area contributed by atoms with Crippen molar-refractivity contribution >= 4 is 22.6 Å². The van der Waals surface area contributed by atoms with Crippen LogP contribution < -0.4 is 10.6 Å². The van der Waals surface area contributed by atoms with Gasteiger partial charge in [-0.25, -0.2) is 4.79 Å². The fourth-order valence-electron chi connectivity index (χ4n) is 2.09. The van der Waals surface area contributed by atoms with Crippen molar-refractivity contribution in [2.24, 2.45) is 5.92 Å². The number of amides is 2. The second kappa shape index (κ2) is 6.21. The van der Waals surface area contributed by atoms with Crippen molar-refractivity contribution in [2.75, 3.05) is 5.32 Å². The van der Waals surface area contributed by atoms with Crippen LogP contribution in [0.25, 0.3) is 10.9 Å². The second-order valence-corrected chi connectivity index (χ2v) is 5.27. The molecule has 1 aromatic carbocycles. The Morgan fingerprint density at radius 3 is 2.59 bits per heavy atom. The van der Waals surface area contributed by atoms with E-state index < -0.39 is 24.2 Å². The van der Waals surface area contributed by atoms with Crippen molar-refractivity contribution in [1.29, 1.82) is 0 Å². The first-order chi connectivity index (χ1) is 10.3. The Labute approximate surface area is 125 Å². The number of nitrogens with zero attached hydrogens (tertiary/aromatic N) is 1. The Morgan fingerprint density at radius 1 is 1.23 bits per heavy atom. The van der Waals surface area contributed by atoms with E-state index in [4.69, 9.17) is 0 Å². The zero-order valence-corrected chi connectivity index (χ0v) is 12.1. The molecule has 7 heteroatoms. The number of nitrogens with one attached hydrogen (secondary N) is 2. The van der Waals surface area contributed by atoms with E-state index >= 15 is 0 Å². The summed E-state index contributed by atoms with van der Waals surface area (Å²) in [6.07, 6.45) is -2.85. The van der Waals surface area contributed by atoms with Gasteiger partial charge in [-0.05, 0) is 30.2 Å². The largest absolute Gasteiger partial charge is 0.408 e. The summed E-state index contributed by atoms with van der Waals surface area (Å²) in [5.74, 6) is -0.758. The zero-order chi connectivity index (χ0) is 16.3. The Hall–Kier alpha value is -2.31. The third-order valence-electron chi connectivity index (χ3n) is 3.17. The molecule has 2 aromatic rings. The summed E-state index contributed by atoms with van der Waals surface area (Å²) < 4.78 is 38.5. The summed E-state index contributed by atoms with van der Waals surface area (Å²) in [6.45, 7) is 2.81. The quantitative estimate of drug-likeness (QED) is 0.902. The molecular formula is C15H16F3N3O. The minimum atomic E-state index is -4.49. The van der Waals surface area contributed by atoms with Crippen molar-refractivity contribution in [3.63, 3.8) is 0 Å². The molecule has 1 unspecified atom stereocenters. The molecule has 0 radical (unpaired) electrons. The normalized spacial score (nSPS) is 13.2. The van der Waals surface area contributed by atoms with E-state index in [1.807, 2.05) is 5.32 Å². The number of pyridine rings is 1. The number of alkyl halides is 3. The summed E-state index contributed by atoms with van der Waals surface area (Å²) in [4.78, 5) is 15.9. The van der Waals surface area contributed by atoms with Gasteiger partial charge in [-0.2, -0.15) is 13.2 Å². The van der Waals surface area contributed by atoms with Crippen LogP contribution in [0, 0.1) is 5.92 Å². The number of fused-ring (bicyclic) bond motifs is 1. The number of carbonyl (C=O) groups excluding carboxylic acids is 1. The second-order valence-electron chi connectivity index (χ2n) is 5.27. The summed E-state index contributed by atoms with van der Waals surface area (Å²) in [7, 11) is 0. The number of anilines is 1. The molecule has 0 fully saturated rings. The van der Waals surface area contributed by atoms with Crippen LogP contribution in [0.3, 0.4) is 0 Å². The summed E-state index contributed by atoms with van der Waals surface area (Å²) in [6, 6.07) is 5.69. The maximum atomic E-state index is 12.8. The molecule has 4 nitrogen and oxygen atoms in total. The van der Waals surface area contributed by atoms with Crippen LogP contribution in [-0.4, -0.2) is 23.2 Å². The molecule has 0 saturated carbocycles. The third kappa shape index (κ3) is 3.87. The number of benzene rings is 1. The molecule has 0 bridgehead atoms. The van der Waals surface area contributed by atoms with Crippen molar-refractivity contribution in [2.45, 2.75) is 26.1 Å². The lowest BCUT2D eigenvalue weighted by molar-refractivity contribution is -0.162. The first-order valence-corrected chi connectivity index (χ1v) is 6.76. The highest BCUT2D eigenvalue weighted by Gasteiger charge is 2.42. The van der Waals surface area contributed by atoms with Gasteiger partial charge in [-0.15, -0.1) is 0 Å². The number of urea groups is 1. The highest BCUT2D eigenvalue weighted by Crippen LogP contribution is 2.25. The first-order valence-electron chi connectivity index (χ1n) is 6.76. The predicted octanol–water partition coefficient (Wildman–Crippen LogP) is 3.94. The number of aromatic nitrogens is 1. The van der Waals surface area contributed by atoms with Gasteiger partial charge in [0.2, 0.25) is 0 Å². The Kier molecular flexibility index (Phi) is 4.54. The predicted molar refractivity (Wildman–Crippen MR) is 78.6 cm³/mol. The Balaban J connectivity index is 2.10. The molecule has 1 heterocycles. The fourth-order valence-corrected chi connectivity index (χ4v) is 2.09. The molecule has 0 saturated heterocycles. The Morgan fingerprint density at radius 2 is 1.95 bits per heavy atom.